The van der Waals surface area contributed by atoms with E-state index in [1.807, 2.05) is 25.1 Å². The summed E-state index contributed by atoms with van der Waals surface area (Å²) < 4.78 is 10.8. The summed E-state index contributed by atoms with van der Waals surface area (Å²) in [5.41, 5.74) is 7.22. The van der Waals surface area contributed by atoms with E-state index in [1.165, 1.54) is 0 Å². The molecule has 0 saturated heterocycles. The number of ether oxygens (including phenoxy) is 2. The summed E-state index contributed by atoms with van der Waals surface area (Å²) >= 11 is 0. The third kappa shape index (κ3) is 2.66. The zero-order valence-corrected chi connectivity index (χ0v) is 9.81. The molecule has 2 N–H and O–H groups in total. The Morgan fingerprint density at radius 2 is 2.00 bits per heavy atom. The minimum Gasteiger partial charge on any atom is -0.496 e. The summed E-state index contributed by atoms with van der Waals surface area (Å²) in [7, 11) is 1.63. The zero-order chi connectivity index (χ0) is 12.3. The van der Waals surface area contributed by atoms with Gasteiger partial charge in [0.15, 0.2) is 0 Å². The second-order valence-electron chi connectivity index (χ2n) is 3.66. The summed E-state index contributed by atoms with van der Waals surface area (Å²) in [5, 5.41) is 0. The maximum atomic E-state index is 5.58. The summed E-state index contributed by atoms with van der Waals surface area (Å²) in [6.45, 7) is 1.98. The minimum atomic E-state index is 0.505. The number of aryl methyl sites for hydroxylation is 1. The van der Waals surface area contributed by atoms with Crippen LogP contribution in [-0.4, -0.2) is 12.1 Å². The second kappa shape index (κ2) is 4.74. The molecule has 1 aromatic heterocycles. The Kier molecular flexibility index (Phi) is 3.14. The molecule has 1 aromatic carbocycles. The fourth-order valence-electron chi connectivity index (χ4n) is 1.44. The van der Waals surface area contributed by atoms with Gasteiger partial charge < -0.3 is 15.2 Å². The molecule has 0 atom stereocenters. The Hall–Kier alpha value is -2.23. The molecule has 0 spiro atoms. The van der Waals surface area contributed by atoms with Gasteiger partial charge in [0, 0.05) is 12.1 Å². The van der Waals surface area contributed by atoms with E-state index >= 15 is 0 Å². The lowest BCUT2D eigenvalue weighted by molar-refractivity contribution is 0.404. The first-order chi connectivity index (χ1) is 8.19. The molecule has 17 heavy (non-hydrogen) atoms. The lowest BCUT2D eigenvalue weighted by Gasteiger charge is -2.08. The lowest BCUT2D eigenvalue weighted by atomic mass is 10.2. The van der Waals surface area contributed by atoms with Gasteiger partial charge in [0.2, 0.25) is 5.88 Å². The van der Waals surface area contributed by atoms with Crippen molar-refractivity contribution in [2.45, 2.75) is 6.92 Å². The molecule has 0 bridgehead atoms. The van der Waals surface area contributed by atoms with Gasteiger partial charge in [-0.15, -0.1) is 0 Å². The number of hydrogen-bond donors (Lipinski definition) is 1. The maximum Gasteiger partial charge on any atom is 0.219 e. The van der Waals surface area contributed by atoms with Crippen molar-refractivity contribution in [3.8, 4) is 17.4 Å². The number of nitrogen functional groups attached to an aromatic ring is 1. The molecular weight excluding hydrogens is 216 g/mol. The number of anilines is 1. The summed E-state index contributed by atoms with van der Waals surface area (Å²) in [5.74, 6) is 1.98. The van der Waals surface area contributed by atoms with Crippen LogP contribution in [0.2, 0.25) is 0 Å². The zero-order valence-electron chi connectivity index (χ0n) is 9.81. The van der Waals surface area contributed by atoms with E-state index < -0.39 is 0 Å². The maximum absolute atomic E-state index is 5.58. The fraction of sp³-hybridized carbons (Fsp3) is 0.154. The SMILES string of the molecule is COc1cc(Oc2ccc(N)cn2)ccc1C. The van der Waals surface area contributed by atoms with Crippen molar-refractivity contribution in [2.75, 3.05) is 12.8 Å². The lowest BCUT2D eigenvalue weighted by Crippen LogP contribution is -1.92. The number of benzene rings is 1. The summed E-state index contributed by atoms with van der Waals surface area (Å²) in [6, 6.07) is 9.10. The van der Waals surface area contributed by atoms with Crippen molar-refractivity contribution in [2.24, 2.45) is 0 Å². The van der Waals surface area contributed by atoms with E-state index in [0.717, 1.165) is 11.3 Å². The number of aromatic nitrogens is 1. The van der Waals surface area contributed by atoms with Crippen molar-refractivity contribution in [3.05, 3.63) is 42.1 Å². The minimum absolute atomic E-state index is 0.505. The molecule has 0 unspecified atom stereocenters. The van der Waals surface area contributed by atoms with Crippen LogP contribution in [0.15, 0.2) is 36.5 Å². The van der Waals surface area contributed by atoms with Gasteiger partial charge in [-0.3, -0.25) is 0 Å². The molecule has 1 heterocycles. The highest BCUT2D eigenvalue weighted by molar-refractivity contribution is 5.42. The number of nitrogens with zero attached hydrogens (tertiary/aromatic N) is 1. The fourth-order valence-corrected chi connectivity index (χ4v) is 1.44. The quantitative estimate of drug-likeness (QED) is 0.880. The van der Waals surface area contributed by atoms with Crippen LogP contribution in [0.25, 0.3) is 0 Å². The van der Waals surface area contributed by atoms with Crippen LogP contribution >= 0.6 is 0 Å². The first kappa shape index (κ1) is 11.3. The van der Waals surface area contributed by atoms with Gasteiger partial charge >= 0.3 is 0 Å². The van der Waals surface area contributed by atoms with E-state index in [9.17, 15) is 0 Å². The van der Waals surface area contributed by atoms with Crippen LogP contribution in [0.1, 0.15) is 5.56 Å². The Morgan fingerprint density at radius 3 is 2.65 bits per heavy atom. The van der Waals surface area contributed by atoms with Crippen LogP contribution in [0.4, 0.5) is 5.69 Å². The molecule has 2 rings (SSSR count). The van der Waals surface area contributed by atoms with E-state index in [4.69, 9.17) is 15.2 Å². The molecule has 0 saturated carbocycles. The van der Waals surface area contributed by atoms with Gasteiger partial charge in [0.05, 0.1) is 19.0 Å². The molecule has 4 heteroatoms. The van der Waals surface area contributed by atoms with Gasteiger partial charge in [0.1, 0.15) is 11.5 Å². The van der Waals surface area contributed by atoms with Crippen molar-refractivity contribution in [3.63, 3.8) is 0 Å². The molecule has 0 aliphatic heterocycles. The molecule has 0 radical (unpaired) electrons. The third-order valence-corrected chi connectivity index (χ3v) is 2.36. The molecule has 0 amide bonds. The average Bonchev–Trinajstić information content (AvgIpc) is 2.34. The summed E-state index contributed by atoms with van der Waals surface area (Å²) in [6.07, 6.45) is 1.56. The summed E-state index contributed by atoms with van der Waals surface area (Å²) in [4.78, 5) is 4.06. The van der Waals surface area contributed by atoms with Gasteiger partial charge in [-0.25, -0.2) is 4.98 Å². The molecule has 2 aromatic rings. The highest BCUT2D eigenvalue weighted by Gasteiger charge is 2.03. The molecule has 0 fully saturated rings. The van der Waals surface area contributed by atoms with E-state index in [2.05, 4.69) is 4.98 Å². The highest BCUT2D eigenvalue weighted by Crippen LogP contribution is 2.27. The van der Waals surface area contributed by atoms with Gasteiger partial charge in [-0.05, 0) is 24.6 Å². The van der Waals surface area contributed by atoms with Crippen molar-refractivity contribution in [1.29, 1.82) is 0 Å². The van der Waals surface area contributed by atoms with E-state index in [1.54, 1.807) is 25.4 Å². The topological polar surface area (TPSA) is 57.4 Å². The smallest absolute Gasteiger partial charge is 0.219 e. The first-order valence-electron chi connectivity index (χ1n) is 5.23. The predicted octanol–water partition coefficient (Wildman–Crippen LogP) is 2.77. The monoisotopic (exact) mass is 230 g/mol. The van der Waals surface area contributed by atoms with Crippen LogP contribution in [0.5, 0.6) is 17.4 Å². The number of nitrogens with two attached hydrogens (primary N) is 1. The number of rotatable bonds is 3. The Bertz CT molecular complexity index is 509. The molecule has 0 aliphatic carbocycles. The van der Waals surface area contributed by atoms with Crippen molar-refractivity contribution >= 4 is 5.69 Å². The van der Waals surface area contributed by atoms with Crippen LogP contribution < -0.4 is 15.2 Å². The second-order valence-corrected chi connectivity index (χ2v) is 3.66. The van der Waals surface area contributed by atoms with E-state index in [0.29, 0.717) is 17.3 Å². The normalized spacial score (nSPS) is 10.0. The average molecular weight is 230 g/mol. The third-order valence-electron chi connectivity index (χ3n) is 2.36. The molecule has 88 valence electrons. The number of pyridine rings is 1. The highest BCUT2D eigenvalue weighted by atomic mass is 16.5. The van der Waals surface area contributed by atoms with Crippen LogP contribution in [0.3, 0.4) is 0 Å². The van der Waals surface area contributed by atoms with Crippen LogP contribution in [-0.2, 0) is 0 Å². The first-order valence-corrected chi connectivity index (χ1v) is 5.23. The van der Waals surface area contributed by atoms with Gasteiger partial charge in [-0.2, -0.15) is 0 Å². The van der Waals surface area contributed by atoms with Gasteiger partial charge in [0.25, 0.3) is 0 Å². The number of hydrogen-bond acceptors (Lipinski definition) is 4. The molecular formula is C13H14N2O2. The van der Waals surface area contributed by atoms with Crippen molar-refractivity contribution < 1.29 is 9.47 Å². The Balaban J connectivity index is 2.21. The standard InChI is InChI=1S/C13H14N2O2/c1-9-3-5-11(7-12(9)16-2)17-13-6-4-10(14)8-15-13/h3-8H,14H2,1-2H3. The number of methoxy groups -OCH3 is 1. The Labute approximate surface area is 100 Å². The largest absolute Gasteiger partial charge is 0.496 e. The van der Waals surface area contributed by atoms with Crippen LogP contribution in [0, 0.1) is 6.92 Å². The molecule has 0 aliphatic rings. The van der Waals surface area contributed by atoms with Crippen molar-refractivity contribution in [1.82, 2.24) is 4.98 Å². The molecule has 4 nitrogen and oxygen atoms in total. The Morgan fingerprint density at radius 1 is 1.18 bits per heavy atom. The van der Waals surface area contributed by atoms with E-state index in [-0.39, 0.29) is 0 Å². The predicted molar refractivity (Wildman–Crippen MR) is 66.5 cm³/mol. The van der Waals surface area contributed by atoms with Gasteiger partial charge in [-0.1, -0.05) is 6.07 Å².